The first-order valence-corrected chi connectivity index (χ1v) is 15.1. The minimum Gasteiger partial charge on any atom is -0.244 e. The normalized spacial score (nSPS) is 11.3. The van der Waals surface area contributed by atoms with Crippen molar-refractivity contribution in [3.8, 4) is 56.2 Å². The van der Waals surface area contributed by atoms with Gasteiger partial charge >= 0.3 is 0 Å². The van der Waals surface area contributed by atoms with Crippen LogP contribution in [0.4, 0.5) is 17.6 Å². The van der Waals surface area contributed by atoms with Crippen molar-refractivity contribution in [2.75, 3.05) is 0 Å². The lowest BCUT2D eigenvalue weighted by Crippen LogP contribution is -2.12. The molecule has 0 unspecified atom stereocenters. The molecule has 0 aliphatic carbocycles. The monoisotopic (exact) mass is 635 g/mol. The molecule has 0 spiro atoms. The predicted octanol–water partition coefficient (Wildman–Crippen LogP) is 9.88. The van der Waals surface area contributed by atoms with Gasteiger partial charge in [0.2, 0.25) is 11.2 Å². The molecular weight excluding hydrogens is 612 g/mol. The van der Waals surface area contributed by atoms with E-state index >= 15 is 0 Å². The summed E-state index contributed by atoms with van der Waals surface area (Å²) in [5.74, 6) is -1.65. The zero-order valence-electron chi connectivity index (χ0n) is 25.1. The highest BCUT2D eigenvalue weighted by Gasteiger charge is 2.21. The molecule has 6 aromatic carbocycles. The average Bonchev–Trinajstić information content (AvgIpc) is 3.10. The number of aromatic nitrogens is 4. The highest BCUT2D eigenvalue weighted by Crippen LogP contribution is 2.34. The molecule has 230 valence electrons. The van der Waals surface area contributed by atoms with Crippen molar-refractivity contribution in [3.63, 3.8) is 0 Å². The van der Waals surface area contributed by atoms with Crippen LogP contribution < -0.4 is 4.98 Å². The predicted molar refractivity (Wildman–Crippen MR) is 178 cm³/mol. The van der Waals surface area contributed by atoms with Crippen LogP contribution in [0, 0.1) is 23.3 Å². The number of aromatic amines is 1. The summed E-state index contributed by atoms with van der Waals surface area (Å²) in [5, 5.41) is 0. The molecule has 1 N–H and O–H groups in total. The van der Waals surface area contributed by atoms with Crippen molar-refractivity contribution in [1.82, 2.24) is 15.0 Å². The first-order valence-electron chi connectivity index (χ1n) is 15.1. The van der Waals surface area contributed by atoms with Crippen molar-refractivity contribution in [2.24, 2.45) is 0 Å². The van der Waals surface area contributed by atoms with E-state index in [4.69, 9.17) is 15.0 Å². The van der Waals surface area contributed by atoms with E-state index in [0.717, 1.165) is 11.1 Å². The van der Waals surface area contributed by atoms with Gasteiger partial charge in [-0.2, -0.15) is 0 Å². The number of benzene rings is 6. The first kappa shape index (κ1) is 29.1. The van der Waals surface area contributed by atoms with Gasteiger partial charge in [-0.3, -0.25) is 0 Å². The Morgan fingerprint density at radius 3 is 1.35 bits per heavy atom. The van der Waals surface area contributed by atoms with Gasteiger partial charge in [-0.15, -0.1) is 0 Å². The maximum atomic E-state index is 14.3. The van der Waals surface area contributed by atoms with Crippen LogP contribution in [-0.4, -0.2) is 15.0 Å². The van der Waals surface area contributed by atoms with Crippen LogP contribution in [0.1, 0.15) is 0 Å². The van der Waals surface area contributed by atoms with Crippen molar-refractivity contribution >= 4 is 22.1 Å². The van der Waals surface area contributed by atoms with E-state index in [-0.39, 0.29) is 0 Å². The number of nitrogens with zero attached hydrogens (tertiary/aromatic N) is 3. The molecule has 2 aromatic heterocycles. The van der Waals surface area contributed by atoms with Gasteiger partial charge in [0.05, 0.1) is 28.0 Å². The standard InChI is InChI=1S/C40H22F4N4/c41-29-9-1-5-25(17-29)37-39(27-7-3-11-31(43)19-27)47-35-21-23(13-15-33(35)45-37)24-14-16-34-36(22-24)48-40(28-8-4-12-32(44)20-28)38(46-34)26-6-2-10-30(42)18-26/h1-22H/p+1. The topological polar surface area (TPSA) is 52.8 Å². The zero-order chi connectivity index (χ0) is 32.8. The van der Waals surface area contributed by atoms with Gasteiger partial charge in [-0.1, -0.05) is 54.6 Å². The smallest absolute Gasteiger partial charge is 0.238 e. The molecule has 0 radical (unpaired) electrons. The Hall–Kier alpha value is -6.28. The van der Waals surface area contributed by atoms with E-state index in [1.165, 1.54) is 48.5 Å². The summed E-state index contributed by atoms with van der Waals surface area (Å²) in [6.45, 7) is 0. The molecule has 4 nitrogen and oxygen atoms in total. The number of hydrogen-bond donors (Lipinski definition) is 0. The fourth-order valence-electron chi connectivity index (χ4n) is 5.89. The van der Waals surface area contributed by atoms with Gasteiger partial charge in [-0.25, -0.2) is 37.5 Å². The highest BCUT2D eigenvalue weighted by atomic mass is 19.1. The number of hydrogen-bond acceptors (Lipinski definition) is 3. The molecule has 0 fully saturated rings. The summed E-state index contributed by atoms with van der Waals surface area (Å²) in [6, 6.07) is 35.8. The number of halogens is 4. The van der Waals surface area contributed by atoms with Crippen molar-refractivity contribution < 1.29 is 22.5 Å². The molecule has 0 bridgehead atoms. The van der Waals surface area contributed by atoms with E-state index in [1.54, 1.807) is 48.5 Å². The van der Waals surface area contributed by atoms with Crippen molar-refractivity contribution in [1.29, 1.82) is 0 Å². The fraction of sp³-hybridized carbons (Fsp3) is 0. The SMILES string of the molecule is Fc1cccc(-c2nc3ccc(-c4ccc5nc(-c6cccc(F)c6)c(-c6cccc(F)c6)[nH+]c5c4)cc3nc2-c2cccc(F)c2)c1. The molecule has 0 saturated heterocycles. The number of nitrogens with one attached hydrogen (secondary N) is 1. The lowest BCUT2D eigenvalue weighted by atomic mass is 10.0. The molecule has 8 aromatic rings. The third kappa shape index (κ3) is 5.54. The van der Waals surface area contributed by atoms with Gasteiger partial charge in [0, 0.05) is 22.8 Å². The van der Waals surface area contributed by atoms with Crippen molar-refractivity contribution in [3.05, 3.63) is 157 Å². The second-order valence-electron chi connectivity index (χ2n) is 11.4. The largest absolute Gasteiger partial charge is 0.244 e. The maximum absolute atomic E-state index is 14.3. The molecule has 0 saturated carbocycles. The molecule has 8 rings (SSSR count). The summed E-state index contributed by atoms with van der Waals surface area (Å²) in [4.78, 5) is 18.1. The van der Waals surface area contributed by atoms with Crippen molar-refractivity contribution in [2.45, 2.75) is 0 Å². The second-order valence-corrected chi connectivity index (χ2v) is 11.4. The average molecular weight is 636 g/mol. The minimum absolute atomic E-state index is 0.405. The minimum atomic E-state index is -0.424. The summed E-state index contributed by atoms with van der Waals surface area (Å²) >= 11 is 0. The van der Waals surface area contributed by atoms with Crippen LogP contribution in [0.2, 0.25) is 0 Å². The van der Waals surface area contributed by atoms with E-state index in [0.29, 0.717) is 67.1 Å². The van der Waals surface area contributed by atoms with Gasteiger partial charge in [0.1, 0.15) is 34.5 Å². The van der Waals surface area contributed by atoms with Gasteiger partial charge in [-0.05, 0) is 83.9 Å². The Bertz CT molecular complexity index is 2360. The summed E-state index contributed by atoms with van der Waals surface area (Å²) in [5.41, 5.74) is 8.17. The Kier molecular flexibility index (Phi) is 7.18. The zero-order valence-corrected chi connectivity index (χ0v) is 25.1. The molecule has 2 heterocycles. The summed E-state index contributed by atoms with van der Waals surface area (Å²) in [6.07, 6.45) is 0. The quantitative estimate of drug-likeness (QED) is 0.177. The molecule has 8 heteroatoms. The van der Waals surface area contributed by atoms with Gasteiger partial charge < -0.3 is 0 Å². The van der Waals surface area contributed by atoms with Crippen LogP contribution >= 0.6 is 0 Å². The van der Waals surface area contributed by atoms with Crippen LogP contribution in [0.3, 0.4) is 0 Å². The number of rotatable bonds is 5. The van der Waals surface area contributed by atoms with Gasteiger partial charge in [0.15, 0.2) is 0 Å². The Morgan fingerprint density at radius 2 is 0.792 bits per heavy atom. The molecule has 48 heavy (non-hydrogen) atoms. The Labute approximate surface area is 272 Å². The van der Waals surface area contributed by atoms with E-state index in [1.807, 2.05) is 36.4 Å². The number of H-pyrrole nitrogens is 1. The Morgan fingerprint density at radius 1 is 0.354 bits per heavy atom. The van der Waals surface area contributed by atoms with Crippen LogP contribution in [0.25, 0.3) is 78.2 Å². The molecule has 0 aliphatic heterocycles. The lowest BCUT2D eigenvalue weighted by Gasteiger charge is -2.12. The highest BCUT2D eigenvalue weighted by molar-refractivity contribution is 5.90. The van der Waals surface area contributed by atoms with E-state index < -0.39 is 23.3 Å². The van der Waals surface area contributed by atoms with E-state index in [2.05, 4.69) is 4.98 Å². The van der Waals surface area contributed by atoms with Crippen LogP contribution in [0.5, 0.6) is 0 Å². The lowest BCUT2D eigenvalue weighted by molar-refractivity contribution is -0.330. The van der Waals surface area contributed by atoms with Gasteiger partial charge in [0.25, 0.3) is 0 Å². The first-order chi connectivity index (χ1) is 23.4. The summed E-state index contributed by atoms with van der Waals surface area (Å²) < 4.78 is 57.1. The second kappa shape index (κ2) is 11.8. The third-order valence-corrected chi connectivity index (χ3v) is 8.13. The number of fused-ring (bicyclic) bond motifs is 2. The Balaban J connectivity index is 1.28. The molecule has 0 aliphatic rings. The van der Waals surface area contributed by atoms with Crippen LogP contribution in [0.15, 0.2) is 133 Å². The molecular formula is C40H23F4N4+. The van der Waals surface area contributed by atoms with E-state index in [9.17, 15) is 17.6 Å². The maximum Gasteiger partial charge on any atom is 0.238 e. The summed E-state index contributed by atoms with van der Waals surface area (Å²) in [7, 11) is 0. The molecule has 0 amide bonds. The molecule has 0 atom stereocenters. The third-order valence-electron chi connectivity index (χ3n) is 8.13. The fourth-order valence-corrected chi connectivity index (χ4v) is 5.89. The van der Waals surface area contributed by atoms with Crippen LogP contribution in [-0.2, 0) is 0 Å².